The lowest BCUT2D eigenvalue weighted by Crippen LogP contribution is -1.90. The van der Waals surface area contributed by atoms with Gasteiger partial charge in [-0.15, -0.1) is 0 Å². The minimum Gasteiger partial charge on any atom is -0.508 e. The molecule has 78 valence electrons. The monoisotopic (exact) mass is 209 g/mol. The van der Waals surface area contributed by atoms with Crippen LogP contribution in [0.15, 0.2) is 60.8 Å². The third-order valence-electron chi connectivity index (χ3n) is 2.71. The molecular weight excluding hydrogens is 198 g/mol. The third kappa shape index (κ3) is 1.36. The number of aromatic nitrogens is 1. The number of para-hydroxylation sites is 1. The van der Waals surface area contributed by atoms with Crippen molar-refractivity contribution in [3.05, 3.63) is 60.8 Å². The van der Waals surface area contributed by atoms with Crippen molar-refractivity contribution < 1.29 is 5.11 Å². The lowest BCUT2D eigenvalue weighted by atomic mass is 10.2. The highest BCUT2D eigenvalue weighted by Crippen LogP contribution is 2.23. The zero-order valence-corrected chi connectivity index (χ0v) is 8.67. The molecule has 0 saturated carbocycles. The van der Waals surface area contributed by atoms with Crippen molar-refractivity contribution in [3.63, 3.8) is 0 Å². The van der Waals surface area contributed by atoms with Gasteiger partial charge in [-0.1, -0.05) is 18.2 Å². The predicted molar refractivity (Wildman–Crippen MR) is 64.9 cm³/mol. The molecule has 0 fully saturated rings. The Hall–Kier alpha value is -2.22. The van der Waals surface area contributed by atoms with Crippen molar-refractivity contribution in [1.82, 2.24) is 4.57 Å². The molecule has 0 aliphatic rings. The first-order valence-electron chi connectivity index (χ1n) is 5.20. The Balaban J connectivity index is 2.29. The molecule has 0 aliphatic heterocycles. The summed E-state index contributed by atoms with van der Waals surface area (Å²) in [6.07, 6.45) is 2.01. The number of rotatable bonds is 1. The molecule has 0 bridgehead atoms. The summed E-state index contributed by atoms with van der Waals surface area (Å²) in [7, 11) is 0. The van der Waals surface area contributed by atoms with Crippen molar-refractivity contribution >= 4 is 10.9 Å². The molecule has 1 heterocycles. The van der Waals surface area contributed by atoms with Crippen molar-refractivity contribution in [2.45, 2.75) is 0 Å². The molecule has 0 aliphatic carbocycles. The highest BCUT2D eigenvalue weighted by Gasteiger charge is 2.02. The van der Waals surface area contributed by atoms with Gasteiger partial charge in [0.2, 0.25) is 0 Å². The molecule has 0 spiro atoms. The molecule has 3 aromatic rings. The van der Waals surface area contributed by atoms with Crippen LogP contribution >= 0.6 is 0 Å². The SMILES string of the molecule is Oc1ccc2ccn(-c3ccccc3)c2c1. The van der Waals surface area contributed by atoms with Crippen LogP contribution in [0.5, 0.6) is 5.75 Å². The maximum absolute atomic E-state index is 9.51. The van der Waals surface area contributed by atoms with Gasteiger partial charge in [0.1, 0.15) is 5.75 Å². The van der Waals surface area contributed by atoms with Crippen molar-refractivity contribution in [3.8, 4) is 11.4 Å². The smallest absolute Gasteiger partial charge is 0.117 e. The van der Waals surface area contributed by atoms with E-state index in [4.69, 9.17) is 0 Å². The molecule has 1 N–H and O–H groups in total. The van der Waals surface area contributed by atoms with Crippen LogP contribution in [0.25, 0.3) is 16.6 Å². The van der Waals surface area contributed by atoms with Gasteiger partial charge in [-0.2, -0.15) is 0 Å². The molecule has 0 amide bonds. The minimum atomic E-state index is 0.295. The highest BCUT2D eigenvalue weighted by molar-refractivity contribution is 5.83. The number of hydrogen-bond donors (Lipinski definition) is 1. The fraction of sp³-hybridized carbons (Fsp3) is 0. The summed E-state index contributed by atoms with van der Waals surface area (Å²) >= 11 is 0. The van der Waals surface area contributed by atoms with Crippen LogP contribution in [-0.2, 0) is 0 Å². The number of fused-ring (bicyclic) bond motifs is 1. The van der Waals surface area contributed by atoms with Crippen LogP contribution in [0.3, 0.4) is 0 Å². The molecule has 0 saturated heterocycles. The number of phenolic OH excluding ortho intramolecular Hbond substituents is 1. The maximum Gasteiger partial charge on any atom is 0.117 e. The summed E-state index contributed by atoms with van der Waals surface area (Å²) in [5, 5.41) is 10.6. The van der Waals surface area contributed by atoms with Crippen LogP contribution in [0.2, 0.25) is 0 Å². The Labute approximate surface area is 93.4 Å². The summed E-state index contributed by atoms with van der Waals surface area (Å²) in [5.41, 5.74) is 2.12. The van der Waals surface area contributed by atoms with E-state index in [1.807, 2.05) is 48.7 Å². The molecule has 2 aromatic carbocycles. The molecule has 0 unspecified atom stereocenters. The van der Waals surface area contributed by atoms with Gasteiger partial charge in [0, 0.05) is 23.3 Å². The lowest BCUT2D eigenvalue weighted by molar-refractivity contribution is 0.476. The molecular formula is C14H11NO. The topological polar surface area (TPSA) is 25.2 Å². The van der Waals surface area contributed by atoms with Crippen molar-refractivity contribution in [2.75, 3.05) is 0 Å². The van der Waals surface area contributed by atoms with Gasteiger partial charge in [0.25, 0.3) is 0 Å². The summed E-state index contributed by atoms with van der Waals surface area (Å²) in [6, 6.07) is 17.5. The number of phenols is 1. The Morgan fingerprint density at radius 1 is 0.875 bits per heavy atom. The number of hydrogen-bond acceptors (Lipinski definition) is 1. The summed E-state index contributed by atoms with van der Waals surface area (Å²) < 4.78 is 2.06. The first kappa shape index (κ1) is 9.04. The second-order valence-corrected chi connectivity index (χ2v) is 3.76. The third-order valence-corrected chi connectivity index (χ3v) is 2.71. The second-order valence-electron chi connectivity index (χ2n) is 3.76. The van der Waals surface area contributed by atoms with E-state index in [-0.39, 0.29) is 0 Å². The highest BCUT2D eigenvalue weighted by atomic mass is 16.3. The van der Waals surface area contributed by atoms with E-state index in [0.29, 0.717) is 5.75 Å². The summed E-state index contributed by atoms with van der Waals surface area (Å²) in [4.78, 5) is 0. The van der Waals surface area contributed by atoms with Gasteiger partial charge in [0.05, 0.1) is 5.52 Å². The Morgan fingerprint density at radius 3 is 2.50 bits per heavy atom. The fourth-order valence-electron chi connectivity index (χ4n) is 1.93. The van der Waals surface area contributed by atoms with E-state index in [9.17, 15) is 5.11 Å². The van der Waals surface area contributed by atoms with Gasteiger partial charge in [0.15, 0.2) is 0 Å². The van der Waals surface area contributed by atoms with E-state index >= 15 is 0 Å². The predicted octanol–water partition coefficient (Wildman–Crippen LogP) is 3.34. The Bertz CT molecular complexity index is 626. The first-order valence-corrected chi connectivity index (χ1v) is 5.20. The van der Waals surface area contributed by atoms with E-state index in [1.54, 1.807) is 12.1 Å². The van der Waals surface area contributed by atoms with Gasteiger partial charge >= 0.3 is 0 Å². The van der Waals surface area contributed by atoms with Crippen LogP contribution in [0.4, 0.5) is 0 Å². The van der Waals surface area contributed by atoms with E-state index in [0.717, 1.165) is 16.6 Å². The van der Waals surface area contributed by atoms with E-state index < -0.39 is 0 Å². The summed E-state index contributed by atoms with van der Waals surface area (Å²) in [6.45, 7) is 0. The summed E-state index contributed by atoms with van der Waals surface area (Å²) in [5.74, 6) is 0.295. The standard InChI is InChI=1S/C14H11NO/c16-13-7-6-11-8-9-15(14(11)10-13)12-4-2-1-3-5-12/h1-10,16H. The normalized spacial score (nSPS) is 10.8. The van der Waals surface area contributed by atoms with Gasteiger partial charge in [-0.05, 0) is 30.3 Å². The molecule has 2 nitrogen and oxygen atoms in total. The average molecular weight is 209 g/mol. The van der Waals surface area contributed by atoms with E-state index in [1.165, 1.54) is 0 Å². The number of aromatic hydroxyl groups is 1. The number of nitrogens with zero attached hydrogens (tertiary/aromatic N) is 1. The quantitative estimate of drug-likeness (QED) is 0.653. The zero-order valence-electron chi connectivity index (χ0n) is 8.67. The van der Waals surface area contributed by atoms with Gasteiger partial charge in [-0.25, -0.2) is 0 Å². The largest absolute Gasteiger partial charge is 0.508 e. The average Bonchev–Trinajstić information content (AvgIpc) is 2.73. The molecule has 2 heteroatoms. The van der Waals surface area contributed by atoms with Gasteiger partial charge < -0.3 is 9.67 Å². The minimum absolute atomic E-state index is 0.295. The Kier molecular flexibility index (Phi) is 1.93. The van der Waals surface area contributed by atoms with Crippen molar-refractivity contribution in [2.24, 2.45) is 0 Å². The number of benzene rings is 2. The molecule has 1 aromatic heterocycles. The molecule has 0 radical (unpaired) electrons. The van der Waals surface area contributed by atoms with Crippen molar-refractivity contribution in [1.29, 1.82) is 0 Å². The van der Waals surface area contributed by atoms with Gasteiger partial charge in [-0.3, -0.25) is 0 Å². The van der Waals surface area contributed by atoms with Crippen LogP contribution < -0.4 is 0 Å². The fourth-order valence-corrected chi connectivity index (χ4v) is 1.93. The molecule has 3 rings (SSSR count). The van der Waals surface area contributed by atoms with Crippen LogP contribution in [0, 0.1) is 0 Å². The maximum atomic E-state index is 9.51. The van der Waals surface area contributed by atoms with Crippen LogP contribution in [-0.4, -0.2) is 9.67 Å². The zero-order chi connectivity index (χ0) is 11.0. The van der Waals surface area contributed by atoms with Crippen LogP contribution in [0.1, 0.15) is 0 Å². The second kappa shape index (κ2) is 3.42. The molecule has 0 atom stereocenters. The van der Waals surface area contributed by atoms with E-state index in [2.05, 4.69) is 4.57 Å². The molecule has 16 heavy (non-hydrogen) atoms. The lowest BCUT2D eigenvalue weighted by Gasteiger charge is -2.04. The Morgan fingerprint density at radius 2 is 1.69 bits per heavy atom. The first-order chi connectivity index (χ1) is 7.84.